The first-order valence-electron chi connectivity index (χ1n) is 12.1. The van der Waals surface area contributed by atoms with Gasteiger partial charge in [-0.15, -0.1) is 0 Å². The van der Waals surface area contributed by atoms with Crippen LogP contribution in [-0.2, 0) is 22.6 Å². The van der Waals surface area contributed by atoms with Crippen molar-refractivity contribution in [2.75, 3.05) is 24.6 Å². The molecule has 4 fully saturated rings. The van der Waals surface area contributed by atoms with E-state index in [1.54, 1.807) is 0 Å². The second-order valence-corrected chi connectivity index (χ2v) is 12.8. The number of likely N-dealkylation sites (tertiary alicyclic amines) is 1. The SMILES string of the molecule is CCn1nc(-c2cncc(C(F)(F)F)c2)cc1[C@H]1[C@@H]2C[C@@H](N3CCC4(CC3)CS(=O)(=O)C4)C[C@@H]21. The largest absolute Gasteiger partial charge is 0.417 e. The van der Waals surface area contributed by atoms with E-state index in [-0.39, 0.29) is 5.41 Å². The molecule has 4 heterocycles. The molecular weight excluding hydrogens is 465 g/mol. The average molecular weight is 495 g/mol. The molecule has 0 amide bonds. The van der Waals surface area contributed by atoms with Crippen LogP contribution in [0.5, 0.6) is 0 Å². The molecule has 4 atom stereocenters. The number of aromatic nitrogens is 3. The Balaban J connectivity index is 1.12. The molecule has 4 aliphatic rings. The highest BCUT2D eigenvalue weighted by Gasteiger charge is 2.59. The summed E-state index contributed by atoms with van der Waals surface area (Å²) in [6.45, 7) is 4.67. The van der Waals surface area contributed by atoms with E-state index in [1.165, 1.54) is 6.20 Å². The maximum atomic E-state index is 13.1. The second kappa shape index (κ2) is 7.53. The number of fused-ring (bicyclic) bond motifs is 1. The highest BCUT2D eigenvalue weighted by atomic mass is 32.2. The quantitative estimate of drug-likeness (QED) is 0.643. The summed E-state index contributed by atoms with van der Waals surface area (Å²) >= 11 is 0. The Morgan fingerprint density at radius 2 is 1.76 bits per heavy atom. The zero-order valence-electron chi connectivity index (χ0n) is 19.1. The number of sulfone groups is 1. The zero-order chi connectivity index (χ0) is 23.9. The number of piperidine rings is 1. The molecule has 10 heteroatoms. The van der Waals surface area contributed by atoms with Gasteiger partial charge in [0.25, 0.3) is 0 Å². The molecule has 184 valence electrons. The lowest BCUT2D eigenvalue weighted by Crippen LogP contribution is -2.55. The summed E-state index contributed by atoms with van der Waals surface area (Å²) in [6, 6.07) is 3.64. The Morgan fingerprint density at radius 3 is 2.35 bits per heavy atom. The van der Waals surface area contributed by atoms with Gasteiger partial charge in [0.15, 0.2) is 9.84 Å². The van der Waals surface area contributed by atoms with Crippen LogP contribution in [-0.4, -0.2) is 58.7 Å². The Bertz CT molecular complexity index is 1190. The minimum atomic E-state index is -4.43. The van der Waals surface area contributed by atoms with Crippen molar-refractivity contribution in [3.05, 3.63) is 35.8 Å². The lowest BCUT2D eigenvalue weighted by molar-refractivity contribution is -0.137. The fourth-order valence-corrected chi connectivity index (χ4v) is 9.28. The van der Waals surface area contributed by atoms with Crippen molar-refractivity contribution >= 4 is 9.84 Å². The molecule has 2 aliphatic heterocycles. The molecule has 34 heavy (non-hydrogen) atoms. The predicted octanol–water partition coefficient (Wildman–Crippen LogP) is 3.99. The van der Waals surface area contributed by atoms with Gasteiger partial charge in [-0.3, -0.25) is 9.67 Å². The summed E-state index contributed by atoms with van der Waals surface area (Å²) in [5.74, 6) is 2.36. The monoisotopic (exact) mass is 494 g/mol. The van der Waals surface area contributed by atoms with Gasteiger partial charge in [-0.05, 0) is 69.7 Å². The summed E-state index contributed by atoms with van der Waals surface area (Å²) in [5.41, 5.74) is 1.36. The first-order valence-corrected chi connectivity index (χ1v) is 13.9. The Labute approximate surface area is 197 Å². The Morgan fingerprint density at radius 1 is 1.09 bits per heavy atom. The van der Waals surface area contributed by atoms with E-state index < -0.39 is 21.6 Å². The lowest BCUT2D eigenvalue weighted by Gasteiger charge is -2.48. The third-order valence-electron chi connectivity index (χ3n) is 8.66. The predicted molar refractivity (Wildman–Crippen MR) is 121 cm³/mol. The van der Waals surface area contributed by atoms with Crippen LogP contribution in [0.4, 0.5) is 13.2 Å². The Hall–Kier alpha value is -1.94. The maximum Gasteiger partial charge on any atom is 0.417 e. The van der Waals surface area contributed by atoms with Crippen molar-refractivity contribution in [3.8, 4) is 11.3 Å². The molecule has 0 N–H and O–H groups in total. The molecule has 2 aromatic rings. The van der Waals surface area contributed by atoms with Gasteiger partial charge in [0.2, 0.25) is 0 Å². The molecule has 6 nitrogen and oxygen atoms in total. The normalized spacial score (nSPS) is 31.9. The van der Waals surface area contributed by atoms with Crippen molar-refractivity contribution in [3.63, 3.8) is 0 Å². The number of rotatable bonds is 4. The van der Waals surface area contributed by atoms with Crippen LogP contribution >= 0.6 is 0 Å². The van der Waals surface area contributed by atoms with Crippen molar-refractivity contribution in [1.82, 2.24) is 19.7 Å². The van der Waals surface area contributed by atoms with Gasteiger partial charge in [0.1, 0.15) is 0 Å². The summed E-state index contributed by atoms with van der Waals surface area (Å²) in [6.07, 6.45) is 2.10. The van der Waals surface area contributed by atoms with Crippen molar-refractivity contribution in [1.29, 1.82) is 0 Å². The number of hydrogen-bond acceptors (Lipinski definition) is 5. The van der Waals surface area contributed by atoms with Crippen LogP contribution in [0.3, 0.4) is 0 Å². The second-order valence-electron chi connectivity index (χ2n) is 10.8. The lowest BCUT2D eigenvalue weighted by atomic mass is 9.80. The highest BCUT2D eigenvalue weighted by molar-refractivity contribution is 7.92. The first-order chi connectivity index (χ1) is 16.1. The zero-order valence-corrected chi connectivity index (χ0v) is 19.9. The molecular formula is C24H29F3N4O2S. The van der Waals surface area contributed by atoms with E-state index in [1.807, 2.05) is 17.7 Å². The fraction of sp³-hybridized carbons (Fsp3) is 0.667. The molecule has 2 aliphatic carbocycles. The van der Waals surface area contributed by atoms with Crippen LogP contribution in [0, 0.1) is 17.3 Å². The van der Waals surface area contributed by atoms with Crippen molar-refractivity contribution in [2.45, 2.75) is 57.3 Å². The van der Waals surface area contributed by atoms with Gasteiger partial charge >= 0.3 is 6.18 Å². The fourth-order valence-electron chi connectivity index (χ4n) is 6.92. The number of aryl methyl sites for hydroxylation is 1. The minimum absolute atomic E-state index is 0.0433. The van der Waals surface area contributed by atoms with Crippen molar-refractivity contribution < 1.29 is 21.6 Å². The molecule has 0 bridgehead atoms. The molecule has 1 spiro atoms. The van der Waals surface area contributed by atoms with Gasteiger partial charge in [-0.2, -0.15) is 18.3 Å². The molecule has 0 radical (unpaired) electrons. The van der Waals surface area contributed by atoms with E-state index in [0.717, 1.165) is 56.7 Å². The summed E-state index contributed by atoms with van der Waals surface area (Å²) in [4.78, 5) is 6.36. The van der Waals surface area contributed by atoms with E-state index in [2.05, 4.69) is 15.0 Å². The third kappa shape index (κ3) is 3.77. The Kier molecular flexibility index (Phi) is 4.99. The van der Waals surface area contributed by atoms with Gasteiger partial charge in [0.05, 0.1) is 22.8 Å². The standard InChI is InChI=1S/C24H29F3N4O2S/c1-2-31-21(10-20(29-31)15-7-16(12-28-11-15)24(25,26)27)22-18-8-17(9-19(18)22)30-5-3-23(4-6-30)13-34(32,33)14-23/h7,10-12,17-19,22H,2-6,8-9,13-14H2,1H3/t17-,18-,19+,22+. The summed E-state index contributed by atoms with van der Waals surface area (Å²) in [5, 5.41) is 4.61. The van der Waals surface area contributed by atoms with Gasteiger partial charge in [-0.25, -0.2) is 8.42 Å². The average Bonchev–Trinajstić information content (AvgIpc) is 3.12. The number of nitrogens with zero attached hydrogens (tertiary/aromatic N) is 4. The van der Waals surface area contributed by atoms with E-state index >= 15 is 0 Å². The molecule has 2 aromatic heterocycles. The minimum Gasteiger partial charge on any atom is -0.300 e. The number of hydrogen-bond donors (Lipinski definition) is 0. The van der Waals surface area contributed by atoms with Crippen LogP contribution in [0.1, 0.15) is 49.8 Å². The van der Waals surface area contributed by atoms with Crippen LogP contribution < -0.4 is 0 Å². The summed E-state index contributed by atoms with van der Waals surface area (Å²) < 4.78 is 64.6. The third-order valence-corrected chi connectivity index (χ3v) is 10.8. The maximum absolute atomic E-state index is 13.1. The van der Waals surface area contributed by atoms with Crippen molar-refractivity contribution in [2.24, 2.45) is 17.3 Å². The summed E-state index contributed by atoms with van der Waals surface area (Å²) in [7, 11) is -2.79. The number of alkyl halides is 3. The number of pyridine rings is 1. The molecule has 6 rings (SSSR count). The van der Waals surface area contributed by atoms with Crippen LogP contribution in [0.25, 0.3) is 11.3 Å². The van der Waals surface area contributed by atoms with Gasteiger partial charge in [-0.1, -0.05) is 0 Å². The first kappa shape index (κ1) is 22.5. The van der Waals surface area contributed by atoms with Gasteiger partial charge < -0.3 is 4.90 Å². The molecule has 0 unspecified atom stereocenters. The smallest absolute Gasteiger partial charge is 0.300 e. The molecule has 2 saturated heterocycles. The topological polar surface area (TPSA) is 68.1 Å². The van der Waals surface area contributed by atoms with E-state index in [9.17, 15) is 21.6 Å². The van der Waals surface area contributed by atoms with E-state index in [4.69, 9.17) is 0 Å². The molecule has 2 saturated carbocycles. The van der Waals surface area contributed by atoms with E-state index in [0.29, 0.717) is 53.1 Å². The highest BCUT2D eigenvalue weighted by Crippen LogP contribution is 2.64. The van der Waals surface area contributed by atoms with Crippen LogP contribution in [0.2, 0.25) is 0 Å². The van der Waals surface area contributed by atoms with Crippen LogP contribution in [0.15, 0.2) is 24.5 Å². The number of halogens is 3. The molecule has 0 aromatic carbocycles. The van der Waals surface area contributed by atoms with Gasteiger partial charge in [0, 0.05) is 47.6 Å².